The van der Waals surface area contributed by atoms with Crippen LogP contribution in [0.5, 0.6) is 0 Å². The molecule has 0 atom stereocenters. The van der Waals surface area contributed by atoms with Crippen LogP contribution in [0.2, 0.25) is 0 Å². The van der Waals surface area contributed by atoms with E-state index >= 15 is 0 Å². The zero-order valence-electron chi connectivity index (χ0n) is 9.58. The maximum Gasteiger partial charge on any atom is 0.0524 e. The monoisotopic (exact) mass is 207 g/mol. The van der Waals surface area contributed by atoms with Crippen molar-refractivity contribution in [3.05, 3.63) is 17.5 Å². The van der Waals surface area contributed by atoms with Crippen LogP contribution in [0.4, 0.5) is 0 Å². The molecule has 2 rings (SSSR count). The fraction of sp³-hybridized carbons (Fsp3) is 0.750. The van der Waals surface area contributed by atoms with E-state index in [2.05, 4.69) is 16.7 Å². The SMILES string of the molecule is CCn1ncc(CCCN)c1C1CCC1. The largest absolute Gasteiger partial charge is 0.330 e. The fourth-order valence-corrected chi connectivity index (χ4v) is 2.33. The van der Waals surface area contributed by atoms with Crippen LogP contribution in [0.3, 0.4) is 0 Å². The van der Waals surface area contributed by atoms with Crippen molar-refractivity contribution in [3.8, 4) is 0 Å². The maximum atomic E-state index is 5.56. The number of nitrogens with two attached hydrogens (primary N) is 1. The van der Waals surface area contributed by atoms with Gasteiger partial charge in [-0.25, -0.2) is 0 Å². The average Bonchev–Trinajstić information content (AvgIpc) is 2.56. The number of hydrogen-bond acceptors (Lipinski definition) is 2. The number of aryl methyl sites for hydroxylation is 2. The van der Waals surface area contributed by atoms with E-state index in [1.54, 1.807) is 0 Å². The molecule has 3 heteroatoms. The Labute approximate surface area is 91.7 Å². The van der Waals surface area contributed by atoms with Gasteiger partial charge in [-0.2, -0.15) is 5.10 Å². The second-order valence-electron chi connectivity index (χ2n) is 4.39. The van der Waals surface area contributed by atoms with Crippen LogP contribution in [-0.4, -0.2) is 16.3 Å². The second-order valence-corrected chi connectivity index (χ2v) is 4.39. The van der Waals surface area contributed by atoms with E-state index in [1.165, 1.54) is 30.5 Å². The first-order chi connectivity index (χ1) is 7.36. The topological polar surface area (TPSA) is 43.8 Å². The van der Waals surface area contributed by atoms with E-state index in [0.29, 0.717) is 0 Å². The third-order valence-corrected chi connectivity index (χ3v) is 3.40. The molecular formula is C12H21N3. The number of hydrogen-bond donors (Lipinski definition) is 1. The molecule has 0 aromatic carbocycles. The van der Waals surface area contributed by atoms with Crippen LogP contribution in [0, 0.1) is 0 Å². The van der Waals surface area contributed by atoms with Crippen molar-refractivity contribution in [2.24, 2.45) is 5.73 Å². The fourth-order valence-electron chi connectivity index (χ4n) is 2.33. The van der Waals surface area contributed by atoms with E-state index < -0.39 is 0 Å². The zero-order valence-corrected chi connectivity index (χ0v) is 9.58. The van der Waals surface area contributed by atoms with Crippen molar-refractivity contribution in [1.82, 2.24) is 9.78 Å². The predicted molar refractivity (Wildman–Crippen MR) is 61.9 cm³/mol. The van der Waals surface area contributed by atoms with Gasteiger partial charge in [0.1, 0.15) is 0 Å². The summed E-state index contributed by atoms with van der Waals surface area (Å²) in [6.07, 6.45) is 8.31. The Morgan fingerprint density at radius 1 is 1.53 bits per heavy atom. The summed E-state index contributed by atoms with van der Waals surface area (Å²) in [5, 5.41) is 4.47. The van der Waals surface area contributed by atoms with Gasteiger partial charge in [-0.1, -0.05) is 6.42 Å². The summed E-state index contributed by atoms with van der Waals surface area (Å²) in [5.74, 6) is 0.778. The minimum absolute atomic E-state index is 0.778. The van der Waals surface area contributed by atoms with Crippen molar-refractivity contribution in [2.75, 3.05) is 6.54 Å². The first kappa shape index (κ1) is 10.7. The molecule has 1 aromatic rings. The maximum absolute atomic E-state index is 5.56. The zero-order chi connectivity index (χ0) is 10.7. The standard InChI is InChI=1S/C12H21N3/c1-2-15-12(10-5-3-6-10)11(9-14-15)7-4-8-13/h9-10H,2-8,13H2,1H3. The Bertz CT molecular complexity index is 313. The van der Waals surface area contributed by atoms with Crippen LogP contribution in [0.1, 0.15) is 49.8 Å². The average molecular weight is 207 g/mol. The van der Waals surface area contributed by atoms with E-state index in [0.717, 1.165) is 31.8 Å². The number of rotatable bonds is 5. The Kier molecular flexibility index (Phi) is 3.41. The number of nitrogens with zero attached hydrogens (tertiary/aromatic N) is 2. The summed E-state index contributed by atoms with van der Waals surface area (Å²) in [7, 11) is 0. The van der Waals surface area contributed by atoms with Gasteiger partial charge in [-0.15, -0.1) is 0 Å². The molecule has 1 aliphatic rings. The van der Waals surface area contributed by atoms with E-state index in [9.17, 15) is 0 Å². The molecule has 0 spiro atoms. The van der Waals surface area contributed by atoms with Gasteiger partial charge >= 0.3 is 0 Å². The summed E-state index contributed by atoms with van der Waals surface area (Å²) in [4.78, 5) is 0. The summed E-state index contributed by atoms with van der Waals surface area (Å²) in [5.41, 5.74) is 8.50. The van der Waals surface area contributed by atoms with Crippen LogP contribution in [0.25, 0.3) is 0 Å². The van der Waals surface area contributed by atoms with E-state index in [-0.39, 0.29) is 0 Å². The molecule has 0 saturated heterocycles. The lowest BCUT2D eigenvalue weighted by Gasteiger charge is -2.27. The first-order valence-corrected chi connectivity index (χ1v) is 6.11. The van der Waals surface area contributed by atoms with Gasteiger partial charge in [0.05, 0.1) is 6.20 Å². The van der Waals surface area contributed by atoms with Gasteiger partial charge in [-0.05, 0) is 44.7 Å². The molecule has 0 unspecified atom stereocenters. The Morgan fingerprint density at radius 2 is 2.33 bits per heavy atom. The van der Waals surface area contributed by atoms with Crippen molar-refractivity contribution < 1.29 is 0 Å². The third-order valence-electron chi connectivity index (χ3n) is 3.40. The highest BCUT2D eigenvalue weighted by atomic mass is 15.3. The highest BCUT2D eigenvalue weighted by molar-refractivity contribution is 5.24. The molecule has 1 fully saturated rings. The van der Waals surface area contributed by atoms with Gasteiger partial charge in [0.25, 0.3) is 0 Å². The van der Waals surface area contributed by atoms with Gasteiger partial charge in [-0.3, -0.25) is 4.68 Å². The third kappa shape index (κ3) is 2.07. The highest BCUT2D eigenvalue weighted by Gasteiger charge is 2.25. The number of aromatic nitrogens is 2. The molecule has 1 saturated carbocycles. The van der Waals surface area contributed by atoms with E-state index in [1.807, 2.05) is 6.20 Å². The Morgan fingerprint density at radius 3 is 2.87 bits per heavy atom. The van der Waals surface area contributed by atoms with Crippen LogP contribution < -0.4 is 5.73 Å². The lowest BCUT2D eigenvalue weighted by atomic mass is 9.81. The normalized spacial score (nSPS) is 16.7. The molecule has 0 radical (unpaired) electrons. The van der Waals surface area contributed by atoms with Gasteiger partial charge < -0.3 is 5.73 Å². The summed E-state index contributed by atoms with van der Waals surface area (Å²) in [6.45, 7) is 3.94. The smallest absolute Gasteiger partial charge is 0.0524 e. The van der Waals surface area contributed by atoms with Crippen LogP contribution >= 0.6 is 0 Å². The summed E-state index contributed by atoms with van der Waals surface area (Å²) in [6, 6.07) is 0. The Balaban J connectivity index is 2.16. The van der Waals surface area contributed by atoms with Crippen molar-refractivity contribution >= 4 is 0 Å². The molecule has 0 aliphatic heterocycles. The molecule has 0 amide bonds. The predicted octanol–water partition coefficient (Wildman–Crippen LogP) is 2.06. The first-order valence-electron chi connectivity index (χ1n) is 6.11. The van der Waals surface area contributed by atoms with E-state index in [4.69, 9.17) is 5.73 Å². The van der Waals surface area contributed by atoms with Gasteiger partial charge in [0.2, 0.25) is 0 Å². The van der Waals surface area contributed by atoms with Crippen LogP contribution in [0.15, 0.2) is 6.20 Å². The van der Waals surface area contributed by atoms with Crippen molar-refractivity contribution in [1.29, 1.82) is 0 Å². The van der Waals surface area contributed by atoms with Gasteiger partial charge in [0.15, 0.2) is 0 Å². The minimum Gasteiger partial charge on any atom is -0.330 e. The molecule has 2 N–H and O–H groups in total. The molecule has 0 bridgehead atoms. The molecule has 1 heterocycles. The second kappa shape index (κ2) is 4.79. The summed E-state index contributed by atoms with van der Waals surface area (Å²) < 4.78 is 2.18. The molecule has 3 nitrogen and oxygen atoms in total. The van der Waals surface area contributed by atoms with Crippen molar-refractivity contribution in [3.63, 3.8) is 0 Å². The highest BCUT2D eigenvalue weighted by Crippen LogP contribution is 2.38. The summed E-state index contributed by atoms with van der Waals surface area (Å²) >= 11 is 0. The molecular weight excluding hydrogens is 186 g/mol. The van der Waals surface area contributed by atoms with Crippen LogP contribution in [-0.2, 0) is 13.0 Å². The molecule has 84 valence electrons. The lowest BCUT2D eigenvalue weighted by molar-refractivity contribution is 0.388. The molecule has 1 aromatic heterocycles. The quantitative estimate of drug-likeness (QED) is 0.803. The minimum atomic E-state index is 0.778. The Hall–Kier alpha value is -0.830. The van der Waals surface area contributed by atoms with Crippen molar-refractivity contribution in [2.45, 2.75) is 51.5 Å². The van der Waals surface area contributed by atoms with Gasteiger partial charge in [0, 0.05) is 18.2 Å². The lowest BCUT2D eigenvalue weighted by Crippen LogP contribution is -2.16. The molecule has 1 aliphatic carbocycles. The molecule has 15 heavy (non-hydrogen) atoms.